The van der Waals surface area contributed by atoms with E-state index in [9.17, 15) is 18.0 Å². The maximum absolute atomic E-state index is 13.6. The van der Waals surface area contributed by atoms with E-state index in [1.807, 2.05) is 19.1 Å². The minimum atomic E-state index is -4.58. The van der Waals surface area contributed by atoms with Crippen LogP contribution in [0.3, 0.4) is 0 Å². The Morgan fingerprint density at radius 3 is 2.57 bits per heavy atom. The van der Waals surface area contributed by atoms with Crippen molar-refractivity contribution in [3.63, 3.8) is 0 Å². The summed E-state index contributed by atoms with van der Waals surface area (Å²) in [6.45, 7) is 7.45. The Bertz CT molecular complexity index is 1070. The van der Waals surface area contributed by atoms with E-state index in [-0.39, 0.29) is 24.2 Å². The van der Waals surface area contributed by atoms with Gasteiger partial charge in [-0.15, -0.1) is 0 Å². The largest absolute Gasteiger partial charge is 0.421 e. The maximum atomic E-state index is 13.6. The number of hydrogen-bond acceptors (Lipinski definition) is 7. The summed E-state index contributed by atoms with van der Waals surface area (Å²) in [6.07, 6.45) is -0.0679. The van der Waals surface area contributed by atoms with Gasteiger partial charge in [-0.05, 0) is 56.5 Å². The van der Waals surface area contributed by atoms with Gasteiger partial charge in [0.1, 0.15) is 11.4 Å². The molecule has 11 heteroatoms. The van der Waals surface area contributed by atoms with Gasteiger partial charge >= 0.3 is 6.18 Å². The van der Waals surface area contributed by atoms with Gasteiger partial charge in [0.2, 0.25) is 11.9 Å². The number of halogens is 3. The van der Waals surface area contributed by atoms with Crippen molar-refractivity contribution in [3.05, 3.63) is 35.5 Å². The maximum Gasteiger partial charge on any atom is 0.421 e. The molecule has 0 radical (unpaired) electrons. The van der Waals surface area contributed by atoms with E-state index in [0.29, 0.717) is 25.9 Å². The topological polar surface area (TPSA) is 76.6 Å². The lowest BCUT2D eigenvalue weighted by Gasteiger charge is -2.34. The summed E-state index contributed by atoms with van der Waals surface area (Å²) in [7, 11) is 2.12. The Morgan fingerprint density at radius 1 is 1.08 bits per heavy atom. The molecule has 1 aromatic carbocycles. The quantitative estimate of drug-likeness (QED) is 0.477. The fourth-order valence-electron chi connectivity index (χ4n) is 4.74. The van der Waals surface area contributed by atoms with Gasteiger partial charge in [-0.25, -0.2) is 4.98 Å². The van der Waals surface area contributed by atoms with E-state index in [4.69, 9.17) is 0 Å². The molecule has 0 unspecified atom stereocenters. The summed E-state index contributed by atoms with van der Waals surface area (Å²) < 4.78 is 40.9. The molecule has 8 nitrogen and oxygen atoms in total. The Balaban J connectivity index is 1.45. The van der Waals surface area contributed by atoms with E-state index < -0.39 is 11.7 Å². The van der Waals surface area contributed by atoms with Crippen LogP contribution >= 0.6 is 0 Å². The Kier molecular flexibility index (Phi) is 8.73. The minimum absolute atomic E-state index is 0.101. The molecule has 0 saturated carbocycles. The number of aryl methyl sites for hydroxylation is 1. The standard InChI is InChI=1S/C26H36F3N7O/c1-3-19-17-20(35-15-13-34(2)14-16-35)8-9-22(19)32-25-31-18-21(26(27,28)29)24(33-25)30-10-6-12-36-11-5-4-7-23(36)37/h8-9,17-18H,3-7,10-16H2,1-2H3,(H2,30,31,32,33). The fourth-order valence-corrected chi connectivity index (χ4v) is 4.74. The Hall–Kier alpha value is -3.08. The van der Waals surface area contributed by atoms with E-state index in [2.05, 4.69) is 43.5 Å². The number of likely N-dealkylation sites (N-methyl/N-ethyl adjacent to an activating group) is 1. The number of nitrogens with zero attached hydrogens (tertiary/aromatic N) is 5. The lowest BCUT2D eigenvalue weighted by Crippen LogP contribution is -2.44. The first-order chi connectivity index (χ1) is 17.7. The van der Waals surface area contributed by atoms with Crippen LogP contribution in [0.15, 0.2) is 24.4 Å². The monoisotopic (exact) mass is 519 g/mol. The molecule has 202 valence electrons. The van der Waals surface area contributed by atoms with Crippen molar-refractivity contribution in [1.82, 2.24) is 19.8 Å². The summed E-state index contributed by atoms with van der Waals surface area (Å²) >= 11 is 0. The number of amides is 1. The van der Waals surface area contributed by atoms with Crippen molar-refractivity contribution in [3.8, 4) is 0 Å². The first kappa shape index (κ1) is 27.0. The molecule has 1 aromatic heterocycles. The van der Waals surface area contributed by atoms with Crippen LogP contribution < -0.4 is 15.5 Å². The van der Waals surface area contributed by atoms with Crippen LogP contribution in [0.5, 0.6) is 0 Å². The highest BCUT2D eigenvalue weighted by Crippen LogP contribution is 2.34. The summed E-state index contributed by atoms with van der Waals surface area (Å²) in [5.74, 6) is -0.0491. The molecule has 2 aromatic rings. The fraction of sp³-hybridized carbons (Fsp3) is 0.577. The number of piperidine rings is 1. The molecule has 2 saturated heterocycles. The number of carbonyl (C=O) groups excluding carboxylic acids is 1. The van der Waals surface area contributed by atoms with Gasteiger partial charge < -0.3 is 25.3 Å². The number of carbonyl (C=O) groups is 1. The zero-order valence-electron chi connectivity index (χ0n) is 21.6. The number of benzene rings is 1. The molecule has 2 N–H and O–H groups in total. The van der Waals surface area contributed by atoms with Crippen LogP contribution in [0.1, 0.15) is 43.7 Å². The average Bonchev–Trinajstić information content (AvgIpc) is 2.88. The van der Waals surface area contributed by atoms with Crippen LogP contribution in [-0.4, -0.2) is 78.5 Å². The predicted octanol–water partition coefficient (Wildman–Crippen LogP) is 4.37. The zero-order chi connectivity index (χ0) is 26.4. The smallest absolute Gasteiger partial charge is 0.369 e. The van der Waals surface area contributed by atoms with Crippen LogP contribution in [0.4, 0.5) is 36.3 Å². The van der Waals surface area contributed by atoms with Crippen LogP contribution in [0, 0.1) is 0 Å². The molecule has 0 aliphatic carbocycles. The number of piperazine rings is 1. The lowest BCUT2D eigenvalue weighted by molar-refractivity contribution is -0.137. The summed E-state index contributed by atoms with van der Waals surface area (Å²) in [5, 5.41) is 5.94. The van der Waals surface area contributed by atoms with E-state index >= 15 is 0 Å². The normalized spacial score (nSPS) is 17.3. The molecule has 37 heavy (non-hydrogen) atoms. The number of rotatable bonds is 9. The van der Waals surface area contributed by atoms with Gasteiger partial charge in [0.15, 0.2) is 0 Å². The van der Waals surface area contributed by atoms with Crippen molar-refractivity contribution in [2.75, 3.05) is 68.4 Å². The SMILES string of the molecule is CCc1cc(N2CCN(C)CC2)ccc1Nc1ncc(C(F)(F)F)c(NCCCN2CCCCC2=O)n1. The van der Waals surface area contributed by atoms with Gasteiger partial charge in [-0.1, -0.05) is 6.92 Å². The minimum Gasteiger partial charge on any atom is -0.369 e. The van der Waals surface area contributed by atoms with E-state index in [1.54, 1.807) is 4.90 Å². The number of hydrogen-bond donors (Lipinski definition) is 2. The van der Waals surface area contributed by atoms with Crippen molar-refractivity contribution in [1.29, 1.82) is 0 Å². The van der Waals surface area contributed by atoms with Gasteiger partial charge in [0, 0.05) is 69.8 Å². The zero-order valence-corrected chi connectivity index (χ0v) is 21.6. The third-order valence-electron chi connectivity index (χ3n) is 7.00. The second-order valence-corrected chi connectivity index (χ2v) is 9.68. The highest BCUT2D eigenvalue weighted by atomic mass is 19.4. The molecule has 0 spiro atoms. The van der Waals surface area contributed by atoms with Crippen LogP contribution in [0.2, 0.25) is 0 Å². The first-order valence-corrected chi connectivity index (χ1v) is 13.0. The van der Waals surface area contributed by atoms with Crippen molar-refractivity contribution in [2.45, 2.75) is 45.2 Å². The molecular weight excluding hydrogens is 483 g/mol. The average molecular weight is 520 g/mol. The molecule has 3 heterocycles. The molecule has 2 aliphatic rings. The van der Waals surface area contributed by atoms with Crippen LogP contribution in [0.25, 0.3) is 0 Å². The molecule has 2 aliphatic heterocycles. The second-order valence-electron chi connectivity index (χ2n) is 9.68. The summed E-state index contributed by atoms with van der Waals surface area (Å²) in [6, 6.07) is 6.09. The molecule has 4 rings (SSSR count). The second kappa shape index (κ2) is 12.0. The van der Waals surface area contributed by atoms with Crippen molar-refractivity contribution >= 4 is 29.0 Å². The van der Waals surface area contributed by atoms with Gasteiger partial charge in [-0.2, -0.15) is 18.2 Å². The predicted molar refractivity (Wildman–Crippen MR) is 139 cm³/mol. The third kappa shape index (κ3) is 7.03. The Morgan fingerprint density at radius 2 is 1.86 bits per heavy atom. The summed E-state index contributed by atoms with van der Waals surface area (Å²) in [4.78, 5) is 26.5. The molecule has 0 bridgehead atoms. The molecule has 2 fully saturated rings. The number of nitrogens with one attached hydrogen (secondary N) is 2. The van der Waals surface area contributed by atoms with Gasteiger partial charge in [0.25, 0.3) is 0 Å². The number of alkyl halides is 3. The highest BCUT2D eigenvalue weighted by molar-refractivity contribution is 5.76. The van der Waals surface area contributed by atoms with Gasteiger partial charge in [0.05, 0.1) is 0 Å². The van der Waals surface area contributed by atoms with E-state index in [0.717, 1.165) is 68.6 Å². The third-order valence-corrected chi connectivity index (χ3v) is 7.00. The molecular formula is C26H36F3N7O. The number of likely N-dealkylation sites (tertiary alicyclic amines) is 1. The molecule has 1 amide bonds. The highest BCUT2D eigenvalue weighted by Gasteiger charge is 2.35. The van der Waals surface area contributed by atoms with Crippen molar-refractivity contribution in [2.24, 2.45) is 0 Å². The van der Waals surface area contributed by atoms with Crippen LogP contribution in [-0.2, 0) is 17.4 Å². The van der Waals surface area contributed by atoms with Crippen molar-refractivity contribution < 1.29 is 18.0 Å². The first-order valence-electron chi connectivity index (χ1n) is 13.0. The Labute approximate surface area is 216 Å². The van der Waals surface area contributed by atoms with Gasteiger partial charge in [-0.3, -0.25) is 4.79 Å². The number of aromatic nitrogens is 2. The molecule has 0 atom stereocenters. The number of anilines is 4. The van der Waals surface area contributed by atoms with E-state index in [1.165, 1.54) is 0 Å². The summed E-state index contributed by atoms with van der Waals surface area (Å²) in [5.41, 5.74) is 2.04. The lowest BCUT2D eigenvalue weighted by atomic mass is 10.1.